The minimum atomic E-state index is -0.294. The molecule has 1 aliphatic rings. The number of nitrogens with zero attached hydrogens (tertiary/aromatic N) is 4. The van der Waals surface area contributed by atoms with E-state index in [1.165, 1.54) is 5.56 Å². The average molecular weight is 433 g/mol. The van der Waals surface area contributed by atoms with Gasteiger partial charge in [0.25, 0.3) is 5.56 Å². The Morgan fingerprint density at radius 2 is 1.75 bits per heavy atom. The molecular weight excluding hydrogens is 400 g/mol. The third-order valence-electron chi connectivity index (χ3n) is 6.45. The highest BCUT2D eigenvalue weighted by atomic mass is 16.3. The number of aromatic nitrogens is 2. The maximum atomic E-state index is 13.8. The summed E-state index contributed by atoms with van der Waals surface area (Å²) in [5.74, 6) is 0.0632. The molecule has 0 unspecified atom stereocenters. The van der Waals surface area contributed by atoms with E-state index in [2.05, 4.69) is 52.9 Å². The van der Waals surface area contributed by atoms with Crippen molar-refractivity contribution in [2.75, 3.05) is 32.7 Å². The molecule has 168 valence electrons. The second kappa shape index (κ2) is 9.67. The fourth-order valence-corrected chi connectivity index (χ4v) is 4.52. The van der Waals surface area contributed by atoms with Crippen LogP contribution in [-0.2, 0) is 6.54 Å². The van der Waals surface area contributed by atoms with Crippen LogP contribution in [0.1, 0.15) is 41.0 Å². The van der Waals surface area contributed by atoms with Gasteiger partial charge in [-0.15, -0.1) is 0 Å². The van der Waals surface area contributed by atoms with E-state index in [4.69, 9.17) is 0 Å². The van der Waals surface area contributed by atoms with Gasteiger partial charge in [-0.05, 0) is 44.2 Å². The first-order valence-electron chi connectivity index (χ1n) is 11.3. The zero-order valence-electron chi connectivity index (χ0n) is 19.2. The van der Waals surface area contributed by atoms with Crippen molar-refractivity contribution in [2.24, 2.45) is 0 Å². The van der Waals surface area contributed by atoms with Crippen molar-refractivity contribution < 1.29 is 5.11 Å². The SMILES string of the molecule is CCN1CCN([C@@H](c2ccc(C)cc2)c2c(O)cc(C)n(Cc3ccccn3)c2=O)CC1. The molecule has 0 aliphatic carbocycles. The monoisotopic (exact) mass is 432 g/mol. The Bertz CT molecular complexity index is 1100. The number of piperazine rings is 1. The predicted molar refractivity (Wildman–Crippen MR) is 127 cm³/mol. The number of pyridine rings is 2. The minimum Gasteiger partial charge on any atom is -0.507 e. The van der Waals surface area contributed by atoms with Crippen LogP contribution in [0.3, 0.4) is 0 Å². The van der Waals surface area contributed by atoms with Gasteiger partial charge in [0.2, 0.25) is 0 Å². The number of aryl methyl sites for hydroxylation is 2. The first-order chi connectivity index (χ1) is 15.5. The van der Waals surface area contributed by atoms with Crippen LogP contribution >= 0.6 is 0 Å². The number of hydrogen-bond acceptors (Lipinski definition) is 5. The highest BCUT2D eigenvalue weighted by Crippen LogP contribution is 2.33. The number of likely N-dealkylation sites (N-methyl/N-ethyl adjacent to an activating group) is 1. The lowest BCUT2D eigenvalue weighted by atomic mass is 9.95. The molecule has 4 rings (SSSR count). The Hall–Kier alpha value is -2.96. The van der Waals surface area contributed by atoms with Crippen molar-refractivity contribution in [3.8, 4) is 5.75 Å². The Morgan fingerprint density at radius 1 is 1.03 bits per heavy atom. The highest BCUT2D eigenvalue weighted by Gasteiger charge is 2.31. The van der Waals surface area contributed by atoms with Crippen LogP contribution in [0.25, 0.3) is 0 Å². The molecule has 6 heteroatoms. The second-order valence-electron chi connectivity index (χ2n) is 8.58. The molecule has 1 aromatic carbocycles. The molecule has 6 nitrogen and oxygen atoms in total. The maximum Gasteiger partial charge on any atom is 0.260 e. The van der Waals surface area contributed by atoms with E-state index in [-0.39, 0.29) is 17.4 Å². The summed E-state index contributed by atoms with van der Waals surface area (Å²) in [5.41, 5.74) is 4.03. The van der Waals surface area contributed by atoms with Crippen LogP contribution < -0.4 is 5.56 Å². The molecule has 0 spiro atoms. The molecule has 0 radical (unpaired) electrons. The molecule has 3 heterocycles. The largest absolute Gasteiger partial charge is 0.507 e. The summed E-state index contributed by atoms with van der Waals surface area (Å²) in [7, 11) is 0. The standard InChI is InChI=1S/C26H32N4O2/c1-4-28-13-15-29(16-14-28)25(21-10-8-19(2)9-11-21)24-23(31)17-20(3)30(26(24)32)18-22-7-5-6-12-27-22/h5-12,17,25,31H,4,13-16,18H2,1-3H3/t25-/m0/s1. The fourth-order valence-electron chi connectivity index (χ4n) is 4.52. The molecule has 0 saturated carbocycles. The molecule has 0 amide bonds. The van der Waals surface area contributed by atoms with Crippen molar-refractivity contribution in [2.45, 2.75) is 33.4 Å². The van der Waals surface area contributed by atoms with Gasteiger partial charge in [-0.3, -0.25) is 14.7 Å². The number of aromatic hydroxyl groups is 1. The van der Waals surface area contributed by atoms with E-state index >= 15 is 0 Å². The first kappa shape index (κ1) is 22.2. The van der Waals surface area contributed by atoms with Gasteiger partial charge in [0.05, 0.1) is 23.8 Å². The van der Waals surface area contributed by atoms with Crippen LogP contribution in [-0.4, -0.2) is 57.2 Å². The zero-order valence-corrected chi connectivity index (χ0v) is 19.2. The lowest BCUT2D eigenvalue weighted by molar-refractivity contribution is 0.111. The minimum absolute atomic E-state index is 0.0632. The summed E-state index contributed by atoms with van der Waals surface area (Å²) in [4.78, 5) is 22.9. The normalized spacial score (nSPS) is 16.2. The smallest absolute Gasteiger partial charge is 0.260 e. The average Bonchev–Trinajstić information content (AvgIpc) is 2.81. The van der Waals surface area contributed by atoms with Gasteiger partial charge < -0.3 is 14.6 Å². The van der Waals surface area contributed by atoms with E-state index in [1.807, 2.05) is 25.1 Å². The summed E-state index contributed by atoms with van der Waals surface area (Å²) >= 11 is 0. The van der Waals surface area contributed by atoms with Crippen molar-refractivity contribution in [1.29, 1.82) is 0 Å². The van der Waals surface area contributed by atoms with Gasteiger partial charge in [0.1, 0.15) is 5.75 Å². The van der Waals surface area contributed by atoms with Gasteiger partial charge in [-0.2, -0.15) is 0 Å². The lowest BCUT2D eigenvalue weighted by Gasteiger charge is -2.39. The van der Waals surface area contributed by atoms with Crippen LogP contribution in [0.15, 0.2) is 59.5 Å². The summed E-state index contributed by atoms with van der Waals surface area (Å²) < 4.78 is 1.72. The lowest BCUT2D eigenvalue weighted by Crippen LogP contribution is -2.48. The Balaban J connectivity index is 1.80. The quantitative estimate of drug-likeness (QED) is 0.647. The van der Waals surface area contributed by atoms with Crippen molar-refractivity contribution in [3.05, 3.63) is 93.2 Å². The van der Waals surface area contributed by atoms with Crippen LogP contribution in [0.4, 0.5) is 0 Å². The molecule has 1 aliphatic heterocycles. The van der Waals surface area contributed by atoms with Gasteiger partial charge in [-0.1, -0.05) is 42.8 Å². The first-order valence-corrected chi connectivity index (χ1v) is 11.3. The predicted octanol–water partition coefficient (Wildman–Crippen LogP) is 3.34. The third kappa shape index (κ3) is 4.61. The van der Waals surface area contributed by atoms with Crippen LogP contribution in [0.5, 0.6) is 5.75 Å². The van der Waals surface area contributed by atoms with Crippen molar-refractivity contribution in [3.63, 3.8) is 0 Å². The molecule has 1 saturated heterocycles. The van der Waals surface area contributed by atoms with Crippen LogP contribution in [0.2, 0.25) is 0 Å². The number of rotatable bonds is 6. The van der Waals surface area contributed by atoms with Gasteiger partial charge in [-0.25, -0.2) is 0 Å². The topological polar surface area (TPSA) is 61.6 Å². The molecule has 1 atom stereocenters. The molecule has 2 aromatic heterocycles. The van der Waals surface area contributed by atoms with Gasteiger partial charge in [0.15, 0.2) is 0 Å². The molecule has 32 heavy (non-hydrogen) atoms. The molecular formula is C26H32N4O2. The molecule has 0 bridgehead atoms. The van der Waals surface area contributed by atoms with Gasteiger partial charge in [0, 0.05) is 38.1 Å². The molecule has 1 fully saturated rings. The van der Waals surface area contributed by atoms with E-state index in [0.29, 0.717) is 12.1 Å². The third-order valence-corrected chi connectivity index (χ3v) is 6.45. The Kier molecular flexibility index (Phi) is 6.72. The van der Waals surface area contributed by atoms with E-state index in [1.54, 1.807) is 16.8 Å². The fraction of sp³-hybridized carbons (Fsp3) is 0.385. The summed E-state index contributed by atoms with van der Waals surface area (Å²) in [6, 6.07) is 15.4. The van der Waals surface area contributed by atoms with E-state index < -0.39 is 0 Å². The summed E-state index contributed by atoms with van der Waals surface area (Å²) in [6.45, 7) is 11.1. The molecule has 3 aromatic rings. The molecule has 1 N–H and O–H groups in total. The maximum absolute atomic E-state index is 13.8. The van der Waals surface area contributed by atoms with Crippen molar-refractivity contribution in [1.82, 2.24) is 19.4 Å². The number of benzene rings is 1. The highest BCUT2D eigenvalue weighted by molar-refractivity contribution is 5.41. The van der Waals surface area contributed by atoms with Crippen molar-refractivity contribution >= 4 is 0 Å². The zero-order chi connectivity index (χ0) is 22.7. The van der Waals surface area contributed by atoms with Gasteiger partial charge >= 0.3 is 0 Å². The van der Waals surface area contributed by atoms with Crippen LogP contribution in [0, 0.1) is 13.8 Å². The van der Waals surface area contributed by atoms with E-state index in [9.17, 15) is 9.90 Å². The summed E-state index contributed by atoms with van der Waals surface area (Å²) in [6.07, 6.45) is 1.74. The number of hydrogen-bond donors (Lipinski definition) is 1. The summed E-state index contributed by atoms with van der Waals surface area (Å²) in [5, 5.41) is 11.0. The Morgan fingerprint density at radius 3 is 2.38 bits per heavy atom. The Labute approximate surface area is 189 Å². The van der Waals surface area contributed by atoms with E-state index in [0.717, 1.165) is 49.7 Å². The second-order valence-corrected chi connectivity index (χ2v) is 8.58.